The van der Waals surface area contributed by atoms with E-state index in [1.165, 1.54) is 19.1 Å². The Morgan fingerprint density at radius 3 is 3.06 bits per heavy atom. The molecule has 0 bridgehead atoms. The normalized spacial score (nSPS) is 14.9. The van der Waals surface area contributed by atoms with E-state index >= 15 is 0 Å². The van der Waals surface area contributed by atoms with Gasteiger partial charge >= 0.3 is 0 Å². The molecule has 1 aromatic heterocycles. The van der Waals surface area contributed by atoms with E-state index in [4.69, 9.17) is 20.8 Å². The van der Waals surface area contributed by atoms with Crippen molar-refractivity contribution in [1.82, 2.24) is 5.32 Å². The van der Waals surface area contributed by atoms with E-state index in [-0.39, 0.29) is 11.1 Å². The zero-order valence-corrected chi connectivity index (χ0v) is 10.3. The summed E-state index contributed by atoms with van der Waals surface area (Å²) in [5.74, 6) is 0.584. The van der Waals surface area contributed by atoms with Gasteiger partial charge in [0.2, 0.25) is 5.22 Å². The Morgan fingerprint density at radius 2 is 2.41 bits per heavy atom. The third kappa shape index (κ3) is 4.06. The summed E-state index contributed by atoms with van der Waals surface area (Å²) < 4.78 is 10.3. The molecule has 1 N–H and O–H groups in total. The van der Waals surface area contributed by atoms with E-state index in [9.17, 15) is 4.79 Å². The third-order valence-electron chi connectivity index (χ3n) is 2.66. The van der Waals surface area contributed by atoms with Crippen LogP contribution in [0.5, 0.6) is 0 Å². The van der Waals surface area contributed by atoms with Crippen LogP contribution in [-0.4, -0.2) is 25.7 Å². The van der Waals surface area contributed by atoms with Crippen molar-refractivity contribution in [2.75, 3.05) is 19.8 Å². The lowest BCUT2D eigenvalue weighted by Gasteiger charge is -2.04. The van der Waals surface area contributed by atoms with Crippen molar-refractivity contribution in [2.45, 2.75) is 19.3 Å². The Kier molecular flexibility index (Phi) is 4.45. The van der Waals surface area contributed by atoms with Crippen LogP contribution in [0.1, 0.15) is 29.6 Å². The van der Waals surface area contributed by atoms with Crippen molar-refractivity contribution >= 4 is 17.5 Å². The van der Waals surface area contributed by atoms with Gasteiger partial charge in [-0.2, -0.15) is 0 Å². The smallest absolute Gasteiger partial charge is 0.256 e. The first-order valence-electron chi connectivity index (χ1n) is 5.86. The van der Waals surface area contributed by atoms with E-state index in [1.54, 1.807) is 6.07 Å². The third-order valence-corrected chi connectivity index (χ3v) is 2.96. The minimum absolute atomic E-state index is 0.132. The Hall–Kier alpha value is -1.00. The van der Waals surface area contributed by atoms with Crippen LogP contribution in [-0.2, 0) is 4.74 Å². The van der Waals surface area contributed by atoms with Crippen molar-refractivity contribution in [2.24, 2.45) is 5.92 Å². The molecule has 1 aliphatic carbocycles. The maximum atomic E-state index is 11.6. The van der Waals surface area contributed by atoms with Gasteiger partial charge in [0.15, 0.2) is 0 Å². The number of carbonyl (C=O) groups is 1. The summed E-state index contributed by atoms with van der Waals surface area (Å²) in [6, 6.07) is 1.56. The maximum absolute atomic E-state index is 11.6. The lowest BCUT2D eigenvalue weighted by Crippen LogP contribution is -2.25. The minimum atomic E-state index is -0.203. The molecule has 94 valence electrons. The van der Waals surface area contributed by atoms with Crippen LogP contribution >= 0.6 is 11.6 Å². The quantitative estimate of drug-likeness (QED) is 0.764. The molecule has 0 radical (unpaired) electrons. The standard InChI is InChI=1S/C12H16ClNO3/c13-11-10(4-7-17-11)12(15)14-5-1-6-16-8-9-2-3-9/h4,7,9H,1-3,5-6,8H2,(H,14,15). The fourth-order valence-electron chi connectivity index (χ4n) is 1.46. The van der Waals surface area contributed by atoms with Gasteiger partial charge in [0.05, 0.1) is 11.8 Å². The van der Waals surface area contributed by atoms with Crippen LogP contribution in [0, 0.1) is 5.92 Å². The molecule has 1 amide bonds. The Morgan fingerprint density at radius 1 is 1.59 bits per heavy atom. The highest BCUT2D eigenvalue weighted by Crippen LogP contribution is 2.28. The van der Waals surface area contributed by atoms with Crippen molar-refractivity contribution < 1.29 is 13.9 Å². The van der Waals surface area contributed by atoms with Crippen LogP contribution in [0.25, 0.3) is 0 Å². The summed E-state index contributed by atoms with van der Waals surface area (Å²) in [5, 5.41) is 2.90. The molecule has 0 saturated heterocycles. The van der Waals surface area contributed by atoms with Gasteiger partial charge in [0, 0.05) is 19.8 Å². The molecule has 17 heavy (non-hydrogen) atoms. The lowest BCUT2D eigenvalue weighted by molar-refractivity contribution is 0.0937. The highest BCUT2D eigenvalue weighted by Gasteiger charge is 2.20. The first kappa shape index (κ1) is 12.5. The number of carbonyl (C=O) groups excluding carboxylic acids is 1. The predicted molar refractivity (Wildman–Crippen MR) is 64.2 cm³/mol. The highest BCUT2D eigenvalue weighted by atomic mass is 35.5. The van der Waals surface area contributed by atoms with Crippen LogP contribution in [0.3, 0.4) is 0 Å². The van der Waals surface area contributed by atoms with Gasteiger partial charge in [-0.25, -0.2) is 0 Å². The highest BCUT2D eigenvalue weighted by molar-refractivity contribution is 6.32. The summed E-state index contributed by atoms with van der Waals surface area (Å²) in [6.07, 6.45) is 4.81. The van der Waals surface area contributed by atoms with Crippen LogP contribution in [0.4, 0.5) is 0 Å². The largest absolute Gasteiger partial charge is 0.452 e. The zero-order chi connectivity index (χ0) is 12.1. The monoisotopic (exact) mass is 257 g/mol. The van der Waals surface area contributed by atoms with Gasteiger partial charge in [-0.1, -0.05) is 0 Å². The first-order valence-corrected chi connectivity index (χ1v) is 6.24. The first-order chi connectivity index (χ1) is 8.27. The maximum Gasteiger partial charge on any atom is 0.256 e. The lowest BCUT2D eigenvalue weighted by atomic mass is 10.3. The second kappa shape index (κ2) is 6.07. The Balaban J connectivity index is 1.55. The van der Waals surface area contributed by atoms with Gasteiger partial charge in [0.25, 0.3) is 5.91 Å². The molecule has 5 heteroatoms. The Bertz CT molecular complexity index is 374. The number of ether oxygens (including phenoxy) is 1. The topological polar surface area (TPSA) is 51.5 Å². The van der Waals surface area contributed by atoms with Crippen molar-refractivity contribution in [3.8, 4) is 0 Å². The fraction of sp³-hybridized carbons (Fsp3) is 0.583. The summed E-state index contributed by atoms with van der Waals surface area (Å²) in [7, 11) is 0. The van der Waals surface area contributed by atoms with Gasteiger partial charge in [-0.3, -0.25) is 4.79 Å². The van der Waals surface area contributed by atoms with E-state index < -0.39 is 0 Å². The SMILES string of the molecule is O=C(NCCCOCC1CC1)c1ccoc1Cl. The zero-order valence-electron chi connectivity index (χ0n) is 9.58. The number of hydrogen-bond donors (Lipinski definition) is 1. The molecule has 1 fully saturated rings. The number of rotatable bonds is 7. The fourth-order valence-corrected chi connectivity index (χ4v) is 1.66. The minimum Gasteiger partial charge on any atom is -0.452 e. The molecular formula is C12H16ClNO3. The Labute approximate surface area is 105 Å². The summed E-state index contributed by atoms with van der Waals surface area (Å²) in [5.41, 5.74) is 0.380. The van der Waals surface area contributed by atoms with Crippen LogP contribution < -0.4 is 5.32 Å². The molecule has 0 atom stereocenters. The molecule has 1 aliphatic rings. The van der Waals surface area contributed by atoms with Crippen molar-refractivity contribution in [3.05, 3.63) is 23.1 Å². The van der Waals surface area contributed by atoms with E-state index in [2.05, 4.69) is 5.32 Å². The van der Waals surface area contributed by atoms with E-state index in [1.807, 2.05) is 0 Å². The average Bonchev–Trinajstić information content (AvgIpc) is 3.04. The molecule has 0 spiro atoms. The molecule has 4 nitrogen and oxygen atoms in total. The van der Waals surface area contributed by atoms with Crippen LogP contribution in [0.15, 0.2) is 16.7 Å². The molecule has 2 rings (SSSR count). The summed E-state index contributed by atoms with van der Waals surface area (Å²) in [6.45, 7) is 2.14. The second-order valence-corrected chi connectivity index (χ2v) is 4.58. The number of amides is 1. The molecule has 1 aromatic rings. The average molecular weight is 258 g/mol. The van der Waals surface area contributed by atoms with Crippen LogP contribution in [0.2, 0.25) is 5.22 Å². The van der Waals surface area contributed by atoms with Gasteiger partial charge < -0.3 is 14.5 Å². The number of furan rings is 1. The number of nitrogens with one attached hydrogen (secondary N) is 1. The van der Waals surface area contributed by atoms with Crippen molar-refractivity contribution in [3.63, 3.8) is 0 Å². The molecular weight excluding hydrogens is 242 g/mol. The van der Waals surface area contributed by atoms with E-state index in [0.717, 1.165) is 18.9 Å². The summed E-state index contributed by atoms with van der Waals surface area (Å²) in [4.78, 5) is 11.6. The predicted octanol–water partition coefficient (Wildman–Crippen LogP) is 2.48. The second-order valence-electron chi connectivity index (χ2n) is 4.24. The molecule has 1 heterocycles. The molecule has 0 aromatic carbocycles. The van der Waals surface area contributed by atoms with Gasteiger partial charge in [-0.15, -0.1) is 0 Å². The summed E-state index contributed by atoms with van der Waals surface area (Å²) >= 11 is 5.69. The van der Waals surface area contributed by atoms with Crippen molar-refractivity contribution in [1.29, 1.82) is 0 Å². The van der Waals surface area contributed by atoms with Gasteiger partial charge in [0.1, 0.15) is 0 Å². The molecule has 0 aliphatic heterocycles. The van der Waals surface area contributed by atoms with Gasteiger partial charge in [-0.05, 0) is 42.8 Å². The van der Waals surface area contributed by atoms with E-state index in [0.29, 0.717) is 18.7 Å². The molecule has 0 unspecified atom stereocenters. The molecule has 1 saturated carbocycles. The number of halogens is 1. The number of hydrogen-bond acceptors (Lipinski definition) is 3.